The molecule has 1 aromatic heterocycles. The molecule has 0 N–H and O–H groups in total. The van der Waals surface area contributed by atoms with Crippen molar-refractivity contribution in [3.8, 4) is 0 Å². The van der Waals surface area contributed by atoms with Gasteiger partial charge in [0.1, 0.15) is 5.03 Å². The average molecular weight is 391 g/mol. The summed E-state index contributed by atoms with van der Waals surface area (Å²) in [7, 11) is -3.52. The average Bonchev–Trinajstić information content (AvgIpc) is 3.04. The van der Waals surface area contributed by atoms with E-state index in [1.807, 2.05) is 31.2 Å². The van der Waals surface area contributed by atoms with Gasteiger partial charge >= 0.3 is 0 Å². The summed E-state index contributed by atoms with van der Waals surface area (Å²) in [5, 5.41) is 0.927. The maximum Gasteiger partial charge on any atom is 0.243 e. The number of rotatable bonds is 4. The van der Waals surface area contributed by atoms with Crippen molar-refractivity contribution in [2.45, 2.75) is 61.2 Å². The number of pyridine rings is 1. The number of benzene rings is 1. The molecule has 1 aliphatic rings. The van der Waals surface area contributed by atoms with E-state index in [9.17, 15) is 8.42 Å². The van der Waals surface area contributed by atoms with Crippen LogP contribution in [0.2, 0.25) is 0 Å². The summed E-state index contributed by atoms with van der Waals surface area (Å²) in [5.41, 5.74) is 2.07. The van der Waals surface area contributed by atoms with Gasteiger partial charge in [-0.1, -0.05) is 44.5 Å². The molecule has 1 saturated heterocycles. The van der Waals surface area contributed by atoms with Gasteiger partial charge in [0.05, 0.1) is 10.9 Å². The Kier molecular flexibility index (Phi) is 5.47. The molecule has 1 fully saturated rings. The normalized spacial score (nSPS) is 19.0. The van der Waals surface area contributed by atoms with Crippen molar-refractivity contribution >= 4 is 21.8 Å². The lowest BCUT2D eigenvalue weighted by atomic mass is 10.1. The van der Waals surface area contributed by atoms with E-state index < -0.39 is 10.0 Å². The zero-order valence-electron chi connectivity index (χ0n) is 15.8. The van der Waals surface area contributed by atoms with Gasteiger partial charge < -0.3 is 0 Å². The van der Waals surface area contributed by atoms with Gasteiger partial charge in [-0.2, -0.15) is 4.31 Å². The van der Waals surface area contributed by atoms with E-state index in [1.165, 1.54) is 0 Å². The maximum atomic E-state index is 13.2. The summed E-state index contributed by atoms with van der Waals surface area (Å²) in [6.07, 6.45) is 3.48. The van der Waals surface area contributed by atoms with E-state index >= 15 is 0 Å². The van der Waals surface area contributed by atoms with Crippen LogP contribution in [0.15, 0.2) is 52.5 Å². The zero-order chi connectivity index (χ0) is 18.9. The Morgan fingerprint density at radius 3 is 2.50 bits per heavy atom. The van der Waals surface area contributed by atoms with E-state index in [-0.39, 0.29) is 10.8 Å². The van der Waals surface area contributed by atoms with E-state index in [2.05, 4.69) is 25.8 Å². The minimum Gasteiger partial charge on any atom is -0.250 e. The molecular formula is C20H26N2O2S2. The number of hydrogen-bond donors (Lipinski definition) is 0. The second-order valence-electron chi connectivity index (χ2n) is 7.70. The fourth-order valence-electron chi connectivity index (χ4n) is 3.22. The second kappa shape index (κ2) is 7.33. The molecule has 0 spiro atoms. The van der Waals surface area contributed by atoms with Crippen molar-refractivity contribution in [2.75, 3.05) is 6.54 Å². The Bertz CT molecular complexity index is 871. The predicted octanol–water partition coefficient (Wildman–Crippen LogP) is 4.81. The highest BCUT2D eigenvalue weighted by atomic mass is 32.2. The minimum atomic E-state index is -3.52. The molecule has 0 amide bonds. The molecule has 6 heteroatoms. The largest absolute Gasteiger partial charge is 0.250 e. The van der Waals surface area contributed by atoms with Gasteiger partial charge in [-0.25, -0.2) is 13.4 Å². The van der Waals surface area contributed by atoms with E-state index in [0.717, 1.165) is 29.0 Å². The first-order chi connectivity index (χ1) is 12.2. The molecule has 1 atom stereocenters. The number of sulfonamides is 1. The smallest absolute Gasteiger partial charge is 0.243 e. The summed E-state index contributed by atoms with van der Waals surface area (Å²) >= 11 is 1.69. The van der Waals surface area contributed by atoms with Crippen LogP contribution in [0, 0.1) is 6.92 Å². The zero-order valence-corrected chi connectivity index (χ0v) is 17.4. The van der Waals surface area contributed by atoms with Crippen LogP contribution in [-0.2, 0) is 10.0 Å². The Morgan fingerprint density at radius 2 is 1.85 bits per heavy atom. The molecule has 3 rings (SSSR count). The number of hydrogen-bond acceptors (Lipinski definition) is 4. The molecule has 0 unspecified atom stereocenters. The maximum absolute atomic E-state index is 13.2. The lowest BCUT2D eigenvalue weighted by Gasteiger charge is -2.27. The third-order valence-corrected chi connectivity index (χ3v) is 7.46. The van der Waals surface area contributed by atoms with E-state index in [4.69, 9.17) is 0 Å². The van der Waals surface area contributed by atoms with Gasteiger partial charge in [-0.15, -0.1) is 11.8 Å². The first-order valence-corrected chi connectivity index (χ1v) is 11.2. The lowest BCUT2D eigenvalue weighted by Crippen LogP contribution is -2.31. The molecule has 0 radical (unpaired) electrons. The minimum absolute atomic E-state index is 0.0162. The van der Waals surface area contributed by atoms with Crippen LogP contribution < -0.4 is 0 Å². The van der Waals surface area contributed by atoms with E-state index in [0.29, 0.717) is 11.4 Å². The summed E-state index contributed by atoms with van der Waals surface area (Å²) in [6.45, 7) is 8.94. The molecular weight excluding hydrogens is 364 g/mol. The van der Waals surface area contributed by atoms with Crippen LogP contribution in [-0.4, -0.2) is 29.0 Å². The standard InChI is InChI=1S/C20H26N2O2S2/c1-15-9-11-16(12-10-15)26(23,24)22-14-6-8-18(22)17-7-5-13-21-19(17)25-20(2,3)4/h5,7,9-13,18H,6,8,14H2,1-4H3/t18-/m1/s1. The highest BCUT2D eigenvalue weighted by molar-refractivity contribution is 8.00. The Labute approximate surface area is 161 Å². The van der Waals surface area contributed by atoms with Gasteiger partial charge in [-0.05, 0) is 38.0 Å². The molecule has 0 saturated carbocycles. The number of aromatic nitrogens is 1. The quantitative estimate of drug-likeness (QED) is 0.703. The second-order valence-corrected chi connectivity index (χ2v) is 11.4. The summed E-state index contributed by atoms with van der Waals surface area (Å²) in [6, 6.07) is 10.9. The number of nitrogens with zero attached hydrogens (tertiary/aromatic N) is 2. The summed E-state index contributed by atoms with van der Waals surface area (Å²) in [4.78, 5) is 4.92. The Hall–Kier alpha value is -1.37. The van der Waals surface area contributed by atoms with Crippen LogP contribution in [0.3, 0.4) is 0 Å². The molecule has 1 aliphatic heterocycles. The summed E-state index contributed by atoms with van der Waals surface area (Å²) in [5.74, 6) is 0. The highest BCUT2D eigenvalue weighted by Gasteiger charge is 2.37. The SMILES string of the molecule is Cc1ccc(S(=O)(=O)N2CCC[C@@H]2c2cccnc2SC(C)(C)C)cc1. The molecule has 0 bridgehead atoms. The molecule has 4 nitrogen and oxygen atoms in total. The first kappa shape index (κ1) is 19.4. The Balaban J connectivity index is 1.98. The van der Waals surface area contributed by atoms with Crippen LogP contribution in [0.5, 0.6) is 0 Å². The monoisotopic (exact) mass is 390 g/mol. The third-order valence-electron chi connectivity index (χ3n) is 4.39. The van der Waals surface area contributed by atoms with Crippen LogP contribution in [0.1, 0.15) is 50.8 Å². The van der Waals surface area contributed by atoms with Crippen LogP contribution >= 0.6 is 11.8 Å². The van der Waals surface area contributed by atoms with Gasteiger partial charge in [0, 0.05) is 23.1 Å². The molecule has 26 heavy (non-hydrogen) atoms. The van der Waals surface area contributed by atoms with Crippen LogP contribution in [0.25, 0.3) is 0 Å². The van der Waals surface area contributed by atoms with Gasteiger partial charge in [0.2, 0.25) is 10.0 Å². The number of thioether (sulfide) groups is 1. The molecule has 2 aromatic rings. The molecule has 0 aliphatic carbocycles. The predicted molar refractivity (Wildman–Crippen MR) is 107 cm³/mol. The van der Waals surface area contributed by atoms with Crippen LogP contribution in [0.4, 0.5) is 0 Å². The molecule has 1 aromatic carbocycles. The molecule has 140 valence electrons. The van der Waals surface area contributed by atoms with Crippen molar-refractivity contribution in [1.82, 2.24) is 9.29 Å². The fraction of sp³-hybridized carbons (Fsp3) is 0.450. The van der Waals surface area contributed by atoms with Crippen molar-refractivity contribution in [3.63, 3.8) is 0 Å². The molecule has 2 heterocycles. The van der Waals surface area contributed by atoms with Crippen molar-refractivity contribution in [3.05, 3.63) is 53.7 Å². The van der Waals surface area contributed by atoms with Crippen molar-refractivity contribution < 1.29 is 8.42 Å². The third kappa shape index (κ3) is 4.13. The first-order valence-electron chi connectivity index (χ1n) is 8.91. The number of aryl methyl sites for hydroxylation is 1. The van der Waals surface area contributed by atoms with Crippen molar-refractivity contribution in [1.29, 1.82) is 0 Å². The van der Waals surface area contributed by atoms with Gasteiger partial charge in [0.25, 0.3) is 0 Å². The van der Waals surface area contributed by atoms with E-state index in [1.54, 1.807) is 34.4 Å². The highest BCUT2D eigenvalue weighted by Crippen LogP contribution is 2.42. The fourth-order valence-corrected chi connectivity index (χ4v) is 5.91. The Morgan fingerprint density at radius 1 is 1.15 bits per heavy atom. The van der Waals surface area contributed by atoms with Crippen molar-refractivity contribution in [2.24, 2.45) is 0 Å². The topological polar surface area (TPSA) is 50.3 Å². The van der Waals surface area contributed by atoms with Gasteiger partial charge in [0.15, 0.2) is 0 Å². The summed E-state index contributed by atoms with van der Waals surface area (Å²) < 4.78 is 28.1. The lowest BCUT2D eigenvalue weighted by molar-refractivity contribution is 0.391. The van der Waals surface area contributed by atoms with Gasteiger partial charge in [-0.3, -0.25) is 0 Å².